The molecule has 0 amide bonds. The second-order valence-electron chi connectivity index (χ2n) is 6.79. The van der Waals surface area contributed by atoms with Crippen LogP contribution in [-0.4, -0.2) is 53.5 Å². The number of hydrogen-bond donors (Lipinski definition) is 1. The lowest BCUT2D eigenvalue weighted by molar-refractivity contribution is 0.172. The molecule has 0 spiro atoms. The number of aromatic nitrogens is 1. The molecule has 0 saturated carbocycles. The molecule has 5 nitrogen and oxygen atoms in total. The average molecular weight is 499 g/mol. The summed E-state index contributed by atoms with van der Waals surface area (Å²) in [5, 5.41) is 4.52. The van der Waals surface area contributed by atoms with Gasteiger partial charge in [-0.3, -0.25) is 4.90 Å². The lowest BCUT2D eigenvalue weighted by Crippen LogP contribution is -2.52. The number of thiazole rings is 1. The molecule has 1 aromatic carbocycles. The predicted molar refractivity (Wildman–Crippen MR) is 125 cm³/mol. The van der Waals surface area contributed by atoms with E-state index in [2.05, 4.69) is 65.1 Å². The number of guanidine groups is 1. The summed E-state index contributed by atoms with van der Waals surface area (Å²) in [6.07, 6.45) is 1.92. The summed E-state index contributed by atoms with van der Waals surface area (Å²) in [5.74, 6) is 1.01. The highest BCUT2D eigenvalue weighted by Crippen LogP contribution is 2.13. The van der Waals surface area contributed by atoms with E-state index >= 15 is 0 Å². The van der Waals surface area contributed by atoms with Gasteiger partial charge in [0.25, 0.3) is 0 Å². The van der Waals surface area contributed by atoms with Gasteiger partial charge in [-0.1, -0.05) is 29.8 Å². The maximum atomic E-state index is 4.80. The van der Waals surface area contributed by atoms with Crippen LogP contribution in [-0.2, 0) is 13.1 Å². The standard InChI is InChI=1S/C20H29N5S.HI/c1-4-21-20(23-14-19-22-13-17(3)26-19)25-10-8-24(9-11-25)15-18-7-5-6-16(2)12-18;/h5-7,12-13H,4,8-11,14-15H2,1-3H3,(H,21,23);1H. The van der Waals surface area contributed by atoms with Gasteiger partial charge in [0.15, 0.2) is 5.96 Å². The Morgan fingerprint density at radius 3 is 2.63 bits per heavy atom. The van der Waals surface area contributed by atoms with Crippen molar-refractivity contribution >= 4 is 41.3 Å². The van der Waals surface area contributed by atoms with E-state index in [0.717, 1.165) is 50.2 Å². The van der Waals surface area contributed by atoms with Gasteiger partial charge in [-0.2, -0.15) is 0 Å². The van der Waals surface area contributed by atoms with Crippen LogP contribution in [0, 0.1) is 13.8 Å². The number of benzene rings is 1. The van der Waals surface area contributed by atoms with Crippen molar-refractivity contribution in [2.24, 2.45) is 4.99 Å². The first-order valence-corrected chi connectivity index (χ1v) is 10.2. The summed E-state index contributed by atoms with van der Waals surface area (Å²) in [6, 6.07) is 8.82. The first kappa shape index (κ1) is 22.1. The lowest BCUT2D eigenvalue weighted by Gasteiger charge is -2.36. The minimum absolute atomic E-state index is 0. The van der Waals surface area contributed by atoms with Crippen LogP contribution in [0.25, 0.3) is 0 Å². The average Bonchev–Trinajstić information content (AvgIpc) is 3.05. The third-order valence-electron chi connectivity index (χ3n) is 4.53. The molecule has 0 bridgehead atoms. The van der Waals surface area contributed by atoms with E-state index in [4.69, 9.17) is 4.99 Å². The van der Waals surface area contributed by atoms with Crippen molar-refractivity contribution in [2.75, 3.05) is 32.7 Å². The highest BCUT2D eigenvalue weighted by molar-refractivity contribution is 14.0. The molecule has 0 radical (unpaired) electrons. The molecule has 0 aliphatic carbocycles. The van der Waals surface area contributed by atoms with Crippen molar-refractivity contribution in [3.05, 3.63) is 51.5 Å². The number of halogens is 1. The third-order valence-corrected chi connectivity index (χ3v) is 5.43. The van der Waals surface area contributed by atoms with E-state index in [-0.39, 0.29) is 24.0 Å². The van der Waals surface area contributed by atoms with Gasteiger partial charge in [0.05, 0.1) is 6.54 Å². The van der Waals surface area contributed by atoms with Crippen LogP contribution < -0.4 is 5.32 Å². The molecule has 0 unspecified atom stereocenters. The lowest BCUT2D eigenvalue weighted by atomic mass is 10.1. The molecule has 1 N–H and O–H groups in total. The minimum atomic E-state index is 0. The van der Waals surface area contributed by atoms with Crippen molar-refractivity contribution in [1.82, 2.24) is 20.1 Å². The fourth-order valence-electron chi connectivity index (χ4n) is 3.23. The molecular formula is C20H30IN5S. The fraction of sp³-hybridized carbons (Fsp3) is 0.500. The SMILES string of the molecule is CCNC(=NCc1ncc(C)s1)N1CCN(Cc2cccc(C)c2)CC1.I. The van der Waals surface area contributed by atoms with Gasteiger partial charge >= 0.3 is 0 Å². The Morgan fingerprint density at radius 1 is 1.22 bits per heavy atom. The van der Waals surface area contributed by atoms with Crippen LogP contribution in [0.15, 0.2) is 35.5 Å². The molecule has 2 aromatic rings. The van der Waals surface area contributed by atoms with Crippen molar-refractivity contribution in [3.8, 4) is 0 Å². The second kappa shape index (κ2) is 11.0. The molecule has 1 aromatic heterocycles. The van der Waals surface area contributed by atoms with E-state index in [0.29, 0.717) is 6.54 Å². The van der Waals surface area contributed by atoms with Crippen LogP contribution in [0.3, 0.4) is 0 Å². The highest BCUT2D eigenvalue weighted by atomic mass is 127. The van der Waals surface area contributed by atoms with E-state index in [1.165, 1.54) is 16.0 Å². The maximum Gasteiger partial charge on any atom is 0.194 e. The van der Waals surface area contributed by atoms with Crippen LogP contribution in [0.1, 0.15) is 27.9 Å². The van der Waals surface area contributed by atoms with Crippen molar-refractivity contribution in [3.63, 3.8) is 0 Å². The number of nitrogens with zero attached hydrogens (tertiary/aromatic N) is 4. The smallest absolute Gasteiger partial charge is 0.194 e. The number of piperazine rings is 1. The second-order valence-corrected chi connectivity index (χ2v) is 8.11. The minimum Gasteiger partial charge on any atom is -0.357 e. The van der Waals surface area contributed by atoms with Gasteiger partial charge in [-0.15, -0.1) is 35.3 Å². The number of aryl methyl sites for hydroxylation is 2. The van der Waals surface area contributed by atoms with Gasteiger partial charge in [0.2, 0.25) is 0 Å². The molecule has 148 valence electrons. The largest absolute Gasteiger partial charge is 0.357 e. The third kappa shape index (κ3) is 6.73. The Labute approximate surface area is 183 Å². The number of aliphatic imine (C=N–C) groups is 1. The first-order valence-electron chi connectivity index (χ1n) is 9.36. The molecule has 2 heterocycles. The molecule has 0 atom stereocenters. The summed E-state index contributed by atoms with van der Waals surface area (Å²) >= 11 is 1.72. The molecule has 1 aliphatic heterocycles. The summed E-state index contributed by atoms with van der Waals surface area (Å²) < 4.78 is 0. The molecule has 3 rings (SSSR count). The van der Waals surface area contributed by atoms with E-state index < -0.39 is 0 Å². The van der Waals surface area contributed by atoms with Crippen molar-refractivity contribution in [1.29, 1.82) is 0 Å². The molecular weight excluding hydrogens is 469 g/mol. The quantitative estimate of drug-likeness (QED) is 0.388. The molecule has 1 aliphatic rings. The number of hydrogen-bond acceptors (Lipinski definition) is 4. The van der Waals surface area contributed by atoms with Gasteiger partial charge in [-0.05, 0) is 26.3 Å². The monoisotopic (exact) mass is 499 g/mol. The topological polar surface area (TPSA) is 43.8 Å². The molecule has 1 fully saturated rings. The Hall–Kier alpha value is -1.19. The highest BCUT2D eigenvalue weighted by Gasteiger charge is 2.19. The van der Waals surface area contributed by atoms with Crippen LogP contribution in [0.5, 0.6) is 0 Å². The molecule has 1 saturated heterocycles. The zero-order chi connectivity index (χ0) is 18.4. The Kier molecular flexibility index (Phi) is 8.98. The molecule has 7 heteroatoms. The first-order chi connectivity index (χ1) is 12.6. The van der Waals surface area contributed by atoms with Gasteiger partial charge < -0.3 is 10.2 Å². The molecule has 27 heavy (non-hydrogen) atoms. The summed E-state index contributed by atoms with van der Waals surface area (Å²) in [5.41, 5.74) is 2.73. The Bertz CT molecular complexity index is 737. The Morgan fingerprint density at radius 2 is 2.00 bits per heavy atom. The number of rotatable bonds is 5. The zero-order valence-corrected chi connectivity index (χ0v) is 19.6. The van der Waals surface area contributed by atoms with Crippen LogP contribution >= 0.6 is 35.3 Å². The van der Waals surface area contributed by atoms with Gasteiger partial charge in [-0.25, -0.2) is 9.98 Å². The van der Waals surface area contributed by atoms with Gasteiger partial charge in [0, 0.05) is 50.3 Å². The van der Waals surface area contributed by atoms with Gasteiger partial charge in [0.1, 0.15) is 5.01 Å². The Balaban J connectivity index is 0.00000261. The summed E-state index contributed by atoms with van der Waals surface area (Å²) in [7, 11) is 0. The van der Waals surface area contributed by atoms with E-state index in [1.807, 2.05) is 6.20 Å². The number of nitrogens with one attached hydrogen (secondary N) is 1. The summed E-state index contributed by atoms with van der Waals surface area (Å²) in [4.78, 5) is 15.4. The van der Waals surface area contributed by atoms with Crippen molar-refractivity contribution in [2.45, 2.75) is 33.9 Å². The van der Waals surface area contributed by atoms with Crippen molar-refractivity contribution < 1.29 is 0 Å². The predicted octanol–water partition coefficient (Wildman–Crippen LogP) is 3.66. The van der Waals surface area contributed by atoms with E-state index in [1.54, 1.807) is 11.3 Å². The van der Waals surface area contributed by atoms with E-state index in [9.17, 15) is 0 Å². The van der Waals surface area contributed by atoms with Crippen LogP contribution in [0.4, 0.5) is 0 Å². The fourth-order valence-corrected chi connectivity index (χ4v) is 3.94. The maximum absolute atomic E-state index is 4.80. The normalized spacial score (nSPS) is 15.5. The zero-order valence-electron chi connectivity index (χ0n) is 16.4. The van der Waals surface area contributed by atoms with Crippen LogP contribution in [0.2, 0.25) is 0 Å². The summed E-state index contributed by atoms with van der Waals surface area (Å²) in [6.45, 7) is 13.1.